The Bertz CT molecular complexity index is 723. The Morgan fingerprint density at radius 2 is 1.68 bits per heavy atom. The van der Waals surface area contributed by atoms with Gasteiger partial charge in [-0.25, -0.2) is 4.79 Å². The fourth-order valence-electron chi connectivity index (χ4n) is 1.71. The van der Waals surface area contributed by atoms with E-state index in [9.17, 15) is 25.0 Å². The number of hydrogen-bond acceptors (Lipinski definition) is 6. The molecule has 0 fully saturated rings. The van der Waals surface area contributed by atoms with Crippen molar-refractivity contribution in [2.75, 3.05) is 0 Å². The molecule has 0 bridgehead atoms. The van der Waals surface area contributed by atoms with Crippen LogP contribution in [0.3, 0.4) is 0 Å². The number of rotatable bonds is 5. The minimum absolute atomic E-state index is 0.168. The fourth-order valence-corrected chi connectivity index (χ4v) is 1.71. The Balaban J connectivity index is 2.66. The van der Waals surface area contributed by atoms with E-state index in [1.807, 2.05) is 0 Å². The molecule has 1 N–H and O–H groups in total. The van der Waals surface area contributed by atoms with E-state index in [-0.39, 0.29) is 5.75 Å². The molecule has 0 aliphatic carbocycles. The van der Waals surface area contributed by atoms with Crippen molar-refractivity contribution in [3.8, 4) is 11.5 Å². The van der Waals surface area contributed by atoms with Gasteiger partial charge in [-0.05, 0) is 12.1 Å². The zero-order valence-corrected chi connectivity index (χ0v) is 10.8. The number of non-ortho nitro benzene ring substituents is 1. The van der Waals surface area contributed by atoms with Gasteiger partial charge in [0.05, 0.1) is 15.9 Å². The number of nitro groups is 2. The van der Waals surface area contributed by atoms with Gasteiger partial charge in [-0.2, -0.15) is 0 Å². The highest BCUT2D eigenvalue weighted by Gasteiger charge is 2.29. The number of ether oxygens (including phenoxy) is 1. The lowest BCUT2D eigenvalue weighted by Crippen LogP contribution is -2.05. The summed E-state index contributed by atoms with van der Waals surface area (Å²) in [7, 11) is 0. The average molecular weight is 304 g/mol. The van der Waals surface area contributed by atoms with Crippen molar-refractivity contribution in [3.05, 3.63) is 68.3 Å². The standard InChI is InChI=1S/C13H8N2O7/c16-13(17)10-6-8(14(18)19)7-11(15(20)21)12(10)22-9-4-2-1-3-5-9/h1-7H,(H,16,17). The van der Waals surface area contributed by atoms with Crippen LogP contribution in [0.2, 0.25) is 0 Å². The molecule has 0 saturated carbocycles. The lowest BCUT2D eigenvalue weighted by atomic mass is 10.1. The highest BCUT2D eigenvalue weighted by molar-refractivity contribution is 5.94. The quantitative estimate of drug-likeness (QED) is 0.662. The van der Waals surface area contributed by atoms with E-state index in [0.29, 0.717) is 12.1 Å². The molecule has 2 aromatic rings. The van der Waals surface area contributed by atoms with Gasteiger partial charge in [0.15, 0.2) is 0 Å². The predicted octanol–water partition coefficient (Wildman–Crippen LogP) is 2.99. The second-order valence-electron chi connectivity index (χ2n) is 4.08. The summed E-state index contributed by atoms with van der Waals surface area (Å²) in [6, 6.07) is 9.17. The summed E-state index contributed by atoms with van der Waals surface area (Å²) in [6.07, 6.45) is 0. The molecule has 0 atom stereocenters. The molecule has 0 aliphatic heterocycles. The highest BCUT2D eigenvalue weighted by Crippen LogP contribution is 2.38. The highest BCUT2D eigenvalue weighted by atomic mass is 16.6. The van der Waals surface area contributed by atoms with Crippen LogP contribution in [-0.4, -0.2) is 20.9 Å². The Morgan fingerprint density at radius 1 is 1.05 bits per heavy atom. The third kappa shape index (κ3) is 2.98. The van der Waals surface area contributed by atoms with Crippen molar-refractivity contribution in [2.45, 2.75) is 0 Å². The number of aromatic carboxylic acids is 1. The van der Waals surface area contributed by atoms with Crippen molar-refractivity contribution >= 4 is 17.3 Å². The number of hydrogen-bond donors (Lipinski definition) is 1. The van der Waals surface area contributed by atoms with E-state index in [0.717, 1.165) is 0 Å². The molecule has 0 spiro atoms. The van der Waals surface area contributed by atoms with Gasteiger partial charge < -0.3 is 9.84 Å². The lowest BCUT2D eigenvalue weighted by molar-refractivity contribution is -0.394. The first-order valence-corrected chi connectivity index (χ1v) is 5.83. The van der Waals surface area contributed by atoms with Gasteiger partial charge in [0.1, 0.15) is 11.3 Å². The second kappa shape index (κ2) is 5.87. The van der Waals surface area contributed by atoms with Gasteiger partial charge in [-0.15, -0.1) is 0 Å². The summed E-state index contributed by atoms with van der Waals surface area (Å²) in [5.41, 5.74) is -2.16. The zero-order chi connectivity index (χ0) is 16.3. The van der Waals surface area contributed by atoms with Crippen LogP contribution in [0.5, 0.6) is 11.5 Å². The van der Waals surface area contributed by atoms with Crippen LogP contribution in [0.1, 0.15) is 10.4 Å². The Labute approximate surface area is 122 Å². The summed E-state index contributed by atoms with van der Waals surface area (Å²) in [5.74, 6) is -1.96. The van der Waals surface area contributed by atoms with Crippen molar-refractivity contribution in [3.63, 3.8) is 0 Å². The summed E-state index contributed by atoms with van der Waals surface area (Å²) in [4.78, 5) is 31.2. The smallest absolute Gasteiger partial charge is 0.340 e. The third-order valence-corrected chi connectivity index (χ3v) is 2.66. The number of nitrogens with zero attached hydrogens (tertiary/aromatic N) is 2. The number of carboxylic acid groups (broad SMARTS) is 1. The molecule has 22 heavy (non-hydrogen) atoms. The van der Waals surface area contributed by atoms with Crippen LogP contribution in [0.15, 0.2) is 42.5 Å². The molecule has 9 heteroatoms. The van der Waals surface area contributed by atoms with Crippen LogP contribution in [0.25, 0.3) is 0 Å². The first-order valence-electron chi connectivity index (χ1n) is 5.83. The number of nitro benzene ring substituents is 2. The number of para-hydroxylation sites is 1. The Morgan fingerprint density at radius 3 is 2.18 bits per heavy atom. The first-order chi connectivity index (χ1) is 10.4. The van der Waals surface area contributed by atoms with E-state index in [1.165, 1.54) is 12.1 Å². The predicted molar refractivity (Wildman–Crippen MR) is 73.2 cm³/mol. The molecular formula is C13H8N2O7. The normalized spacial score (nSPS) is 10.0. The SMILES string of the molecule is O=C(O)c1cc([N+](=O)[O-])cc([N+](=O)[O-])c1Oc1ccccc1. The van der Waals surface area contributed by atoms with E-state index in [2.05, 4.69) is 0 Å². The average Bonchev–Trinajstić information content (AvgIpc) is 2.47. The van der Waals surface area contributed by atoms with E-state index >= 15 is 0 Å². The minimum Gasteiger partial charge on any atom is -0.478 e. The van der Waals surface area contributed by atoms with Crippen molar-refractivity contribution in [1.82, 2.24) is 0 Å². The molecule has 0 aliphatic rings. The van der Waals surface area contributed by atoms with Gasteiger partial charge >= 0.3 is 11.7 Å². The number of carbonyl (C=O) groups is 1. The van der Waals surface area contributed by atoms with E-state index in [1.54, 1.807) is 18.2 Å². The van der Waals surface area contributed by atoms with Crippen molar-refractivity contribution in [2.24, 2.45) is 0 Å². The molecule has 0 amide bonds. The minimum atomic E-state index is -1.57. The third-order valence-electron chi connectivity index (χ3n) is 2.66. The number of carboxylic acids is 1. The Kier molecular flexibility index (Phi) is 3.98. The van der Waals surface area contributed by atoms with Gasteiger partial charge in [0, 0.05) is 6.07 Å². The molecule has 0 radical (unpaired) electrons. The molecule has 0 unspecified atom stereocenters. The van der Waals surface area contributed by atoms with Crippen LogP contribution in [0.4, 0.5) is 11.4 Å². The molecule has 0 saturated heterocycles. The molecule has 0 heterocycles. The van der Waals surface area contributed by atoms with Gasteiger partial charge in [0.2, 0.25) is 5.75 Å². The summed E-state index contributed by atoms with van der Waals surface area (Å²) in [5, 5.41) is 31.0. The van der Waals surface area contributed by atoms with Crippen LogP contribution in [0, 0.1) is 20.2 Å². The van der Waals surface area contributed by atoms with Crippen LogP contribution >= 0.6 is 0 Å². The van der Waals surface area contributed by atoms with Crippen LogP contribution < -0.4 is 4.74 Å². The summed E-state index contributed by atoms with van der Waals surface area (Å²) < 4.78 is 5.25. The maximum absolute atomic E-state index is 11.2. The monoisotopic (exact) mass is 304 g/mol. The second-order valence-corrected chi connectivity index (χ2v) is 4.08. The maximum atomic E-state index is 11.2. The van der Waals surface area contributed by atoms with Gasteiger partial charge in [-0.1, -0.05) is 18.2 Å². The Hall–Kier alpha value is -3.49. The number of benzene rings is 2. The summed E-state index contributed by atoms with van der Waals surface area (Å²) >= 11 is 0. The van der Waals surface area contributed by atoms with E-state index < -0.39 is 38.5 Å². The fraction of sp³-hybridized carbons (Fsp3) is 0. The van der Waals surface area contributed by atoms with Crippen molar-refractivity contribution < 1.29 is 24.5 Å². The largest absolute Gasteiger partial charge is 0.478 e. The van der Waals surface area contributed by atoms with Gasteiger partial charge in [-0.3, -0.25) is 20.2 Å². The maximum Gasteiger partial charge on any atom is 0.340 e. The topological polar surface area (TPSA) is 133 Å². The lowest BCUT2D eigenvalue weighted by Gasteiger charge is -2.09. The molecule has 112 valence electrons. The molecule has 2 rings (SSSR count). The van der Waals surface area contributed by atoms with Gasteiger partial charge in [0.25, 0.3) is 5.69 Å². The summed E-state index contributed by atoms with van der Waals surface area (Å²) in [6.45, 7) is 0. The van der Waals surface area contributed by atoms with E-state index in [4.69, 9.17) is 9.84 Å². The van der Waals surface area contributed by atoms with Crippen molar-refractivity contribution in [1.29, 1.82) is 0 Å². The van der Waals surface area contributed by atoms with Crippen LogP contribution in [-0.2, 0) is 0 Å². The molecule has 2 aromatic carbocycles. The molecule has 9 nitrogen and oxygen atoms in total. The molecular weight excluding hydrogens is 296 g/mol. The molecule has 0 aromatic heterocycles. The first kappa shape index (κ1) is 14.9. The zero-order valence-electron chi connectivity index (χ0n) is 10.8.